The van der Waals surface area contributed by atoms with Crippen LogP contribution in [0.2, 0.25) is 0 Å². The van der Waals surface area contributed by atoms with Gasteiger partial charge in [0.15, 0.2) is 5.16 Å². The van der Waals surface area contributed by atoms with E-state index in [1.165, 1.54) is 0 Å². The lowest BCUT2D eigenvalue weighted by Gasteiger charge is -2.04. The number of nitrogen functional groups attached to an aromatic ring is 1. The third kappa shape index (κ3) is 3.60. The minimum Gasteiger partial charge on any atom is -0.465 e. The number of thioether (sulfide) groups is 1. The lowest BCUT2D eigenvalue weighted by molar-refractivity contribution is -0.139. The standard InChI is InChI=1S/C10H12N4O2S/c1-3-16-8(15)5-17-10-13-6(2)7(4-11)9(12)14-10/h3,5H2,1-2H3,(H2,12,13,14). The van der Waals surface area contributed by atoms with Gasteiger partial charge < -0.3 is 10.5 Å². The minimum atomic E-state index is -0.332. The molecule has 1 heterocycles. The second-order valence-corrected chi connectivity index (χ2v) is 4.00. The second kappa shape index (κ2) is 6.06. The van der Waals surface area contributed by atoms with Crippen LogP contribution >= 0.6 is 11.8 Å². The van der Waals surface area contributed by atoms with E-state index in [0.717, 1.165) is 11.8 Å². The first kappa shape index (κ1) is 13.3. The van der Waals surface area contributed by atoms with Gasteiger partial charge in [0.2, 0.25) is 0 Å². The summed E-state index contributed by atoms with van der Waals surface area (Å²) in [6.45, 7) is 3.75. The lowest BCUT2D eigenvalue weighted by atomic mass is 10.2. The molecule has 1 aromatic rings. The van der Waals surface area contributed by atoms with Gasteiger partial charge in [-0.25, -0.2) is 9.97 Å². The molecule has 0 spiro atoms. The molecule has 2 N–H and O–H groups in total. The number of aryl methyl sites for hydroxylation is 1. The van der Waals surface area contributed by atoms with Gasteiger partial charge >= 0.3 is 5.97 Å². The van der Waals surface area contributed by atoms with Gasteiger partial charge in [0.05, 0.1) is 18.1 Å². The van der Waals surface area contributed by atoms with E-state index in [2.05, 4.69) is 9.97 Å². The lowest BCUT2D eigenvalue weighted by Crippen LogP contribution is -2.08. The monoisotopic (exact) mass is 252 g/mol. The van der Waals surface area contributed by atoms with Crippen molar-refractivity contribution in [1.29, 1.82) is 5.26 Å². The predicted octanol–water partition coefficient (Wildman–Crippen LogP) is 0.894. The molecule has 0 bridgehead atoms. The first-order valence-corrected chi connectivity index (χ1v) is 5.89. The summed E-state index contributed by atoms with van der Waals surface area (Å²) in [5, 5.41) is 9.15. The first-order valence-electron chi connectivity index (χ1n) is 4.91. The second-order valence-electron chi connectivity index (χ2n) is 3.06. The molecule has 0 aliphatic carbocycles. The molecule has 7 heteroatoms. The summed E-state index contributed by atoms with van der Waals surface area (Å²) >= 11 is 1.13. The summed E-state index contributed by atoms with van der Waals surface area (Å²) in [5.41, 5.74) is 6.37. The Balaban J connectivity index is 2.74. The van der Waals surface area contributed by atoms with Crippen molar-refractivity contribution >= 4 is 23.5 Å². The van der Waals surface area contributed by atoms with Gasteiger partial charge in [-0.1, -0.05) is 11.8 Å². The number of ether oxygens (including phenoxy) is 1. The van der Waals surface area contributed by atoms with Crippen LogP contribution in [0.5, 0.6) is 0 Å². The average Bonchev–Trinajstić information content (AvgIpc) is 2.26. The van der Waals surface area contributed by atoms with Gasteiger partial charge in [-0.15, -0.1) is 0 Å². The largest absolute Gasteiger partial charge is 0.465 e. The Bertz CT molecular complexity index is 447. The molecule has 0 saturated carbocycles. The van der Waals surface area contributed by atoms with Crippen LogP contribution in [0.1, 0.15) is 18.2 Å². The van der Waals surface area contributed by atoms with Crippen LogP contribution in [-0.4, -0.2) is 28.3 Å². The number of carbonyl (C=O) groups excluding carboxylic acids is 1. The highest BCUT2D eigenvalue weighted by Crippen LogP contribution is 2.18. The maximum Gasteiger partial charge on any atom is 0.316 e. The minimum absolute atomic E-state index is 0.124. The van der Waals surface area contributed by atoms with Crippen molar-refractivity contribution in [2.24, 2.45) is 0 Å². The Morgan fingerprint density at radius 2 is 2.29 bits per heavy atom. The van der Waals surface area contributed by atoms with E-state index in [1.807, 2.05) is 6.07 Å². The summed E-state index contributed by atoms with van der Waals surface area (Å²) in [5.74, 6) is -0.0773. The maximum atomic E-state index is 11.1. The highest BCUT2D eigenvalue weighted by molar-refractivity contribution is 7.99. The van der Waals surface area contributed by atoms with Crippen molar-refractivity contribution in [3.63, 3.8) is 0 Å². The molecule has 1 rings (SSSR count). The summed E-state index contributed by atoms with van der Waals surface area (Å²) in [7, 11) is 0. The van der Waals surface area contributed by atoms with Crippen LogP contribution in [0.25, 0.3) is 0 Å². The normalized spacial score (nSPS) is 9.71. The predicted molar refractivity (Wildman–Crippen MR) is 63.3 cm³/mol. The summed E-state index contributed by atoms with van der Waals surface area (Å²) in [6.07, 6.45) is 0. The third-order valence-electron chi connectivity index (χ3n) is 1.83. The summed E-state index contributed by atoms with van der Waals surface area (Å²) in [6, 6.07) is 1.93. The topological polar surface area (TPSA) is 102 Å². The zero-order valence-electron chi connectivity index (χ0n) is 9.56. The van der Waals surface area contributed by atoms with Crippen molar-refractivity contribution in [3.8, 4) is 6.07 Å². The van der Waals surface area contributed by atoms with E-state index in [9.17, 15) is 4.79 Å². The van der Waals surface area contributed by atoms with E-state index in [1.54, 1.807) is 13.8 Å². The Labute approximate surface area is 103 Å². The Hall–Kier alpha value is -1.81. The van der Waals surface area contributed by atoms with E-state index in [-0.39, 0.29) is 23.1 Å². The van der Waals surface area contributed by atoms with Crippen molar-refractivity contribution < 1.29 is 9.53 Å². The molecular weight excluding hydrogens is 240 g/mol. The molecular formula is C10H12N4O2S. The Morgan fingerprint density at radius 1 is 1.59 bits per heavy atom. The van der Waals surface area contributed by atoms with E-state index in [4.69, 9.17) is 15.7 Å². The maximum absolute atomic E-state index is 11.1. The van der Waals surface area contributed by atoms with Gasteiger partial charge in [0, 0.05) is 0 Å². The summed E-state index contributed by atoms with van der Waals surface area (Å²) in [4.78, 5) is 19.1. The van der Waals surface area contributed by atoms with Crippen molar-refractivity contribution in [1.82, 2.24) is 9.97 Å². The van der Waals surface area contributed by atoms with Gasteiger partial charge in [0.1, 0.15) is 17.5 Å². The van der Waals surface area contributed by atoms with E-state index in [0.29, 0.717) is 17.5 Å². The van der Waals surface area contributed by atoms with Gasteiger partial charge in [0.25, 0.3) is 0 Å². The molecule has 0 unspecified atom stereocenters. The molecule has 0 amide bonds. The van der Waals surface area contributed by atoms with E-state index >= 15 is 0 Å². The number of hydrogen-bond donors (Lipinski definition) is 1. The molecule has 90 valence electrons. The third-order valence-corrected chi connectivity index (χ3v) is 2.65. The Morgan fingerprint density at radius 3 is 2.82 bits per heavy atom. The molecule has 17 heavy (non-hydrogen) atoms. The van der Waals surface area contributed by atoms with Gasteiger partial charge in [-0.05, 0) is 13.8 Å². The number of esters is 1. The highest BCUT2D eigenvalue weighted by atomic mass is 32.2. The first-order chi connectivity index (χ1) is 8.08. The van der Waals surface area contributed by atoms with Gasteiger partial charge in [-0.2, -0.15) is 5.26 Å². The van der Waals surface area contributed by atoms with Crippen molar-refractivity contribution in [2.75, 3.05) is 18.1 Å². The molecule has 0 saturated heterocycles. The molecule has 1 aromatic heterocycles. The fourth-order valence-electron chi connectivity index (χ4n) is 1.10. The van der Waals surface area contributed by atoms with Crippen LogP contribution in [0.4, 0.5) is 5.82 Å². The number of hydrogen-bond acceptors (Lipinski definition) is 7. The zero-order chi connectivity index (χ0) is 12.8. The number of anilines is 1. The van der Waals surface area contributed by atoms with Crippen LogP contribution in [-0.2, 0) is 9.53 Å². The molecule has 0 fully saturated rings. The molecule has 0 radical (unpaired) electrons. The average molecular weight is 252 g/mol. The van der Waals surface area contributed by atoms with Crippen LogP contribution in [0.15, 0.2) is 5.16 Å². The molecule has 0 aliphatic rings. The quantitative estimate of drug-likeness (QED) is 0.482. The van der Waals surface area contributed by atoms with Crippen LogP contribution < -0.4 is 5.73 Å². The fourth-order valence-corrected chi connectivity index (χ4v) is 1.79. The smallest absolute Gasteiger partial charge is 0.316 e. The Kier molecular flexibility index (Phi) is 4.72. The molecule has 6 nitrogen and oxygen atoms in total. The van der Waals surface area contributed by atoms with Crippen molar-refractivity contribution in [2.45, 2.75) is 19.0 Å². The number of aromatic nitrogens is 2. The van der Waals surface area contributed by atoms with Gasteiger partial charge in [-0.3, -0.25) is 4.79 Å². The fraction of sp³-hybridized carbons (Fsp3) is 0.400. The number of nitriles is 1. The van der Waals surface area contributed by atoms with Crippen LogP contribution in [0, 0.1) is 18.3 Å². The number of nitrogens with zero attached hydrogens (tertiary/aromatic N) is 3. The molecule has 0 atom stereocenters. The number of nitrogens with two attached hydrogens (primary N) is 1. The highest BCUT2D eigenvalue weighted by Gasteiger charge is 2.10. The molecule has 0 aliphatic heterocycles. The van der Waals surface area contributed by atoms with E-state index < -0.39 is 0 Å². The molecule has 0 aromatic carbocycles. The SMILES string of the molecule is CCOC(=O)CSc1nc(C)c(C#N)c(N)n1. The summed E-state index contributed by atoms with van der Waals surface area (Å²) < 4.78 is 4.77. The van der Waals surface area contributed by atoms with Crippen molar-refractivity contribution in [3.05, 3.63) is 11.3 Å². The number of carbonyl (C=O) groups is 1. The zero-order valence-corrected chi connectivity index (χ0v) is 10.4. The number of rotatable bonds is 4. The van der Waals surface area contributed by atoms with Crippen LogP contribution in [0.3, 0.4) is 0 Å².